The van der Waals surface area contributed by atoms with Crippen molar-refractivity contribution in [2.45, 2.75) is 45.2 Å². The van der Waals surface area contributed by atoms with E-state index in [2.05, 4.69) is 48.8 Å². The van der Waals surface area contributed by atoms with E-state index in [9.17, 15) is 4.79 Å². The molecule has 3 rings (SSSR count). The molecule has 1 atom stereocenters. The summed E-state index contributed by atoms with van der Waals surface area (Å²) in [5.74, 6) is 0.694. The first-order valence-corrected chi connectivity index (χ1v) is 9.54. The number of rotatable bonds is 7. The quantitative estimate of drug-likeness (QED) is 0.809. The molecule has 0 bridgehead atoms. The lowest BCUT2D eigenvalue weighted by atomic mass is 10.0. The van der Waals surface area contributed by atoms with Crippen molar-refractivity contribution in [2.75, 3.05) is 13.6 Å². The summed E-state index contributed by atoms with van der Waals surface area (Å²) in [5.41, 5.74) is 3.57. The van der Waals surface area contributed by atoms with E-state index in [1.54, 1.807) is 11.3 Å². The van der Waals surface area contributed by atoms with E-state index >= 15 is 0 Å². The van der Waals surface area contributed by atoms with Gasteiger partial charge in [0.25, 0.3) is 5.91 Å². The van der Waals surface area contributed by atoms with Crippen molar-refractivity contribution in [3.8, 4) is 10.6 Å². The first-order chi connectivity index (χ1) is 11.5. The van der Waals surface area contributed by atoms with Gasteiger partial charge < -0.3 is 10.2 Å². The summed E-state index contributed by atoms with van der Waals surface area (Å²) in [5, 5.41) is 6.19. The van der Waals surface area contributed by atoms with Crippen molar-refractivity contribution in [2.24, 2.45) is 0 Å². The van der Waals surface area contributed by atoms with Gasteiger partial charge in [-0.2, -0.15) is 0 Å². The minimum Gasteiger partial charge on any atom is -0.348 e. The Labute approximate surface area is 147 Å². The van der Waals surface area contributed by atoms with Crippen molar-refractivity contribution in [1.82, 2.24) is 10.3 Å². The molecular weight excluding hydrogens is 318 g/mol. The fraction of sp³-hybridized carbons (Fsp3) is 0.474. The molecule has 4 nitrogen and oxygen atoms in total. The summed E-state index contributed by atoms with van der Waals surface area (Å²) < 4.78 is 0. The molecule has 1 amide bonds. The molecule has 1 saturated carbocycles. The van der Waals surface area contributed by atoms with Crippen LogP contribution in [-0.4, -0.2) is 30.5 Å². The highest BCUT2D eigenvalue weighted by atomic mass is 32.1. The summed E-state index contributed by atoms with van der Waals surface area (Å²) in [6, 6.07) is 9.10. The number of quaternary nitrogens is 1. The van der Waals surface area contributed by atoms with E-state index < -0.39 is 0 Å². The van der Waals surface area contributed by atoms with E-state index in [1.165, 1.54) is 16.0 Å². The molecule has 1 aliphatic carbocycles. The molecular formula is C19H26N3OS+. The number of benzene rings is 1. The number of aromatic nitrogens is 1. The predicted octanol–water partition coefficient (Wildman–Crippen LogP) is 2.23. The molecule has 2 aromatic rings. The van der Waals surface area contributed by atoms with Gasteiger partial charge in [0.05, 0.1) is 7.05 Å². The number of amides is 1. The smallest absolute Gasteiger partial charge is 0.275 e. The van der Waals surface area contributed by atoms with Gasteiger partial charge in [-0.05, 0) is 24.3 Å². The van der Waals surface area contributed by atoms with Crippen molar-refractivity contribution in [1.29, 1.82) is 0 Å². The van der Waals surface area contributed by atoms with Gasteiger partial charge in [-0.15, -0.1) is 11.3 Å². The highest BCUT2D eigenvalue weighted by Crippen LogP contribution is 2.25. The molecule has 1 aliphatic rings. The number of carbonyl (C=O) groups excluding carboxylic acids is 1. The molecule has 1 aromatic carbocycles. The Bertz CT molecular complexity index is 689. The zero-order chi connectivity index (χ0) is 17.1. The van der Waals surface area contributed by atoms with Crippen molar-refractivity contribution in [3.05, 3.63) is 40.9 Å². The Morgan fingerprint density at radius 3 is 2.67 bits per heavy atom. The Hall–Kier alpha value is -1.72. The molecule has 0 radical (unpaired) electrons. The molecule has 1 aromatic heterocycles. The average molecular weight is 345 g/mol. The molecule has 1 unspecified atom stereocenters. The lowest BCUT2D eigenvalue weighted by Crippen LogP contribution is -3.09. The van der Waals surface area contributed by atoms with Gasteiger partial charge in [-0.25, -0.2) is 4.98 Å². The number of hydrogen-bond donors (Lipinski definition) is 2. The number of thiazole rings is 1. The Morgan fingerprint density at radius 1 is 1.33 bits per heavy atom. The monoisotopic (exact) mass is 344 g/mol. The number of likely N-dealkylation sites (N-methyl/N-ethyl adjacent to an activating group) is 1. The van der Waals surface area contributed by atoms with Crippen LogP contribution in [0.2, 0.25) is 0 Å². The number of nitrogens with one attached hydrogen (secondary N) is 2. The van der Waals surface area contributed by atoms with Crippen LogP contribution in [0.25, 0.3) is 10.6 Å². The summed E-state index contributed by atoms with van der Waals surface area (Å²) in [4.78, 5) is 17.8. The molecule has 0 aliphatic heterocycles. The second-order valence-electron chi connectivity index (χ2n) is 7.07. The van der Waals surface area contributed by atoms with Crippen molar-refractivity contribution in [3.63, 3.8) is 0 Å². The van der Waals surface area contributed by atoms with Gasteiger partial charge in [-0.1, -0.05) is 38.1 Å². The largest absolute Gasteiger partial charge is 0.348 e. The van der Waals surface area contributed by atoms with Crippen LogP contribution >= 0.6 is 11.3 Å². The summed E-state index contributed by atoms with van der Waals surface area (Å²) >= 11 is 1.67. The minimum atomic E-state index is 0.148. The second kappa shape index (κ2) is 7.45. The van der Waals surface area contributed by atoms with E-state index in [1.807, 2.05) is 7.05 Å². The molecule has 24 heavy (non-hydrogen) atoms. The lowest BCUT2D eigenvalue weighted by molar-refractivity contribution is -0.885. The third kappa shape index (κ3) is 4.65. The number of carbonyl (C=O) groups is 1. The maximum absolute atomic E-state index is 11.9. The Kier molecular flexibility index (Phi) is 5.31. The predicted molar refractivity (Wildman–Crippen MR) is 98.3 cm³/mol. The van der Waals surface area contributed by atoms with Crippen LogP contribution in [0.15, 0.2) is 29.6 Å². The zero-order valence-electron chi connectivity index (χ0n) is 14.6. The molecule has 0 saturated heterocycles. The summed E-state index contributed by atoms with van der Waals surface area (Å²) in [7, 11) is 2.04. The van der Waals surface area contributed by atoms with E-state index in [0.717, 1.165) is 30.1 Å². The van der Waals surface area contributed by atoms with Gasteiger partial charge in [0.2, 0.25) is 0 Å². The van der Waals surface area contributed by atoms with Gasteiger partial charge >= 0.3 is 0 Å². The molecule has 0 spiro atoms. The molecule has 1 heterocycles. The molecule has 128 valence electrons. The van der Waals surface area contributed by atoms with Crippen LogP contribution in [0.1, 0.15) is 43.9 Å². The first-order valence-electron chi connectivity index (χ1n) is 8.66. The molecule has 5 heteroatoms. The fourth-order valence-electron chi connectivity index (χ4n) is 2.68. The standard InChI is InChI=1S/C19H25N3OS/c1-13(2)14-4-6-15(7-5-14)19-21-17(12-24-19)10-22(3)11-18(23)20-16-8-9-16/h4-7,12-13,16H,8-11H2,1-3H3,(H,20,23)/p+1. The van der Waals surface area contributed by atoms with Gasteiger partial charge in [0, 0.05) is 17.0 Å². The van der Waals surface area contributed by atoms with E-state index in [0.29, 0.717) is 18.5 Å². The van der Waals surface area contributed by atoms with Gasteiger partial charge in [-0.3, -0.25) is 4.79 Å². The highest BCUT2D eigenvalue weighted by molar-refractivity contribution is 7.13. The Balaban J connectivity index is 1.57. The Morgan fingerprint density at radius 2 is 2.04 bits per heavy atom. The number of nitrogens with zero attached hydrogens (tertiary/aromatic N) is 1. The van der Waals surface area contributed by atoms with Crippen LogP contribution < -0.4 is 10.2 Å². The van der Waals surface area contributed by atoms with Gasteiger partial charge in [0.1, 0.15) is 17.2 Å². The van der Waals surface area contributed by atoms with Crippen LogP contribution in [0.5, 0.6) is 0 Å². The van der Waals surface area contributed by atoms with Gasteiger partial charge in [0.15, 0.2) is 6.54 Å². The van der Waals surface area contributed by atoms with Crippen molar-refractivity contribution < 1.29 is 9.69 Å². The maximum Gasteiger partial charge on any atom is 0.275 e. The topological polar surface area (TPSA) is 46.4 Å². The minimum absolute atomic E-state index is 0.148. The lowest BCUT2D eigenvalue weighted by Gasteiger charge is -2.12. The fourth-order valence-corrected chi connectivity index (χ4v) is 3.51. The highest BCUT2D eigenvalue weighted by Gasteiger charge is 2.24. The van der Waals surface area contributed by atoms with E-state index in [4.69, 9.17) is 4.98 Å². The zero-order valence-corrected chi connectivity index (χ0v) is 15.5. The maximum atomic E-state index is 11.9. The van der Waals surface area contributed by atoms with Crippen LogP contribution in [0, 0.1) is 0 Å². The molecule has 2 N–H and O–H groups in total. The van der Waals surface area contributed by atoms with E-state index in [-0.39, 0.29) is 5.91 Å². The number of hydrogen-bond acceptors (Lipinski definition) is 3. The van der Waals surface area contributed by atoms with Crippen LogP contribution in [0.3, 0.4) is 0 Å². The average Bonchev–Trinajstić information content (AvgIpc) is 3.22. The van der Waals surface area contributed by atoms with Crippen molar-refractivity contribution >= 4 is 17.2 Å². The SMILES string of the molecule is CC(C)c1ccc(-c2nc(C[NH+](C)CC(=O)NC3CC3)cs2)cc1. The summed E-state index contributed by atoms with van der Waals surface area (Å²) in [6.07, 6.45) is 2.27. The summed E-state index contributed by atoms with van der Waals surface area (Å²) in [6.45, 7) is 5.69. The third-order valence-electron chi connectivity index (χ3n) is 4.26. The van der Waals surface area contributed by atoms with Crippen LogP contribution in [-0.2, 0) is 11.3 Å². The second-order valence-corrected chi connectivity index (χ2v) is 7.93. The molecule has 1 fully saturated rings. The normalized spacial score (nSPS) is 15.5. The third-order valence-corrected chi connectivity index (χ3v) is 5.20. The van der Waals surface area contributed by atoms with Crippen LogP contribution in [0.4, 0.5) is 0 Å². The first kappa shape index (κ1) is 17.1.